The van der Waals surface area contributed by atoms with Gasteiger partial charge in [0.25, 0.3) is 0 Å². The maximum atomic E-state index is 12.0. The van der Waals surface area contributed by atoms with Crippen LogP contribution in [0.5, 0.6) is 0 Å². The van der Waals surface area contributed by atoms with Crippen LogP contribution in [0.2, 0.25) is 10.0 Å². The third-order valence-corrected chi connectivity index (χ3v) is 8.78. The lowest BCUT2D eigenvalue weighted by Crippen LogP contribution is -2.41. The number of hydrogen-bond donors (Lipinski definition) is 5. The second-order valence-corrected chi connectivity index (χ2v) is 12.9. The maximum Gasteiger partial charge on any atom is 0.335 e. The van der Waals surface area contributed by atoms with Crippen molar-refractivity contribution in [2.45, 2.75) is 62.9 Å². The minimum atomic E-state index is -2.27. The number of halogens is 2. The zero-order chi connectivity index (χ0) is 33.9. The number of quaternary nitrogens is 1. The summed E-state index contributed by atoms with van der Waals surface area (Å²) < 4.78 is 12.8. The van der Waals surface area contributed by atoms with Gasteiger partial charge in [-0.25, -0.2) is 14.6 Å². The van der Waals surface area contributed by atoms with Gasteiger partial charge < -0.3 is 39.2 Å². The summed E-state index contributed by atoms with van der Waals surface area (Å²) in [5.41, 5.74) is 0.760. The van der Waals surface area contributed by atoms with Crippen LogP contribution in [0, 0.1) is 5.92 Å². The third kappa shape index (κ3) is 10.5. The van der Waals surface area contributed by atoms with Gasteiger partial charge in [-0.15, -0.1) is 0 Å². The van der Waals surface area contributed by atoms with E-state index in [0.29, 0.717) is 40.2 Å². The second-order valence-electron chi connectivity index (χ2n) is 12.1. The topological polar surface area (TPSA) is 171 Å². The summed E-state index contributed by atoms with van der Waals surface area (Å²) in [6, 6.07) is 15.5. The van der Waals surface area contributed by atoms with Crippen LogP contribution in [-0.2, 0) is 32.9 Å². The van der Waals surface area contributed by atoms with Gasteiger partial charge >= 0.3 is 11.9 Å². The van der Waals surface area contributed by atoms with Crippen LogP contribution in [0.1, 0.15) is 54.9 Å². The highest BCUT2D eigenvalue weighted by molar-refractivity contribution is 6.42. The Hall–Kier alpha value is -3.03. The number of carboxylic acids is 2. The lowest BCUT2D eigenvalue weighted by Gasteiger charge is -2.36. The smallest absolute Gasteiger partial charge is 0.335 e. The first-order chi connectivity index (χ1) is 21.7. The first-order valence-corrected chi connectivity index (χ1v) is 15.9. The van der Waals surface area contributed by atoms with E-state index in [9.17, 15) is 14.7 Å². The SMILES string of the molecule is C[N+](C)(CCOCCc1ccc(Cl)c(Cl)c1)Cc1cnc([C@](O)(c2ccccc2)C2CCCCC2)o1.O=C(O)C(O)C(O)C(=O)O. The van der Waals surface area contributed by atoms with Crippen LogP contribution >= 0.6 is 23.2 Å². The van der Waals surface area contributed by atoms with E-state index in [0.717, 1.165) is 55.5 Å². The van der Waals surface area contributed by atoms with Crippen LogP contribution in [0.4, 0.5) is 0 Å². The molecular formula is C33H43Cl2N2O9+. The Morgan fingerprint density at radius 2 is 1.61 bits per heavy atom. The number of carbonyl (C=O) groups is 2. The van der Waals surface area contributed by atoms with Crippen molar-refractivity contribution < 1.29 is 48.8 Å². The number of likely N-dealkylation sites (N-methyl/N-ethyl adjacent to an activating group) is 1. The Bertz CT molecular complexity index is 1400. The quantitative estimate of drug-likeness (QED) is 0.120. The molecule has 0 spiro atoms. The molecule has 46 heavy (non-hydrogen) atoms. The number of rotatable bonds is 14. The molecule has 2 unspecified atom stereocenters. The minimum Gasteiger partial charge on any atom is -0.479 e. The third-order valence-electron chi connectivity index (χ3n) is 8.04. The number of aliphatic hydroxyl groups excluding tert-OH is 2. The summed E-state index contributed by atoms with van der Waals surface area (Å²) in [5.74, 6) is -2.25. The first kappa shape index (κ1) is 37.4. The minimum absolute atomic E-state index is 0.103. The molecule has 1 saturated carbocycles. The maximum absolute atomic E-state index is 12.0. The van der Waals surface area contributed by atoms with E-state index in [1.54, 1.807) is 6.20 Å². The number of aliphatic hydroxyl groups is 3. The van der Waals surface area contributed by atoms with Crippen molar-refractivity contribution in [3.05, 3.63) is 87.6 Å². The van der Waals surface area contributed by atoms with Crippen molar-refractivity contribution in [1.29, 1.82) is 0 Å². The van der Waals surface area contributed by atoms with Gasteiger partial charge in [0.05, 0.1) is 43.6 Å². The molecule has 0 aliphatic heterocycles. The van der Waals surface area contributed by atoms with Crippen LogP contribution in [-0.4, -0.2) is 93.0 Å². The van der Waals surface area contributed by atoms with E-state index >= 15 is 0 Å². The molecule has 1 aromatic heterocycles. The van der Waals surface area contributed by atoms with Gasteiger partial charge in [-0.3, -0.25) is 0 Å². The Kier molecular flexibility index (Phi) is 14.0. The fourth-order valence-corrected chi connectivity index (χ4v) is 5.69. The Labute approximate surface area is 278 Å². The monoisotopic (exact) mass is 681 g/mol. The molecule has 1 heterocycles. The molecule has 0 bridgehead atoms. The molecule has 1 aliphatic carbocycles. The molecule has 13 heteroatoms. The number of benzene rings is 2. The molecule has 4 rings (SSSR count). The lowest BCUT2D eigenvalue weighted by atomic mass is 9.73. The largest absolute Gasteiger partial charge is 0.479 e. The number of hydrogen-bond acceptors (Lipinski definition) is 8. The van der Waals surface area contributed by atoms with Gasteiger partial charge in [0.15, 0.2) is 23.6 Å². The second kappa shape index (κ2) is 17.2. The predicted octanol–water partition coefficient (Wildman–Crippen LogP) is 4.51. The first-order valence-electron chi connectivity index (χ1n) is 15.1. The molecule has 1 aliphatic rings. The van der Waals surface area contributed by atoms with Crippen LogP contribution in [0.3, 0.4) is 0 Å². The average Bonchev–Trinajstić information content (AvgIpc) is 3.50. The lowest BCUT2D eigenvalue weighted by molar-refractivity contribution is -0.904. The zero-order valence-corrected chi connectivity index (χ0v) is 27.5. The predicted molar refractivity (Wildman–Crippen MR) is 171 cm³/mol. The Balaban J connectivity index is 0.000000498. The van der Waals surface area contributed by atoms with Gasteiger partial charge in [-0.1, -0.05) is 78.9 Å². The summed E-state index contributed by atoms with van der Waals surface area (Å²) in [6.07, 6.45) is 3.46. The van der Waals surface area contributed by atoms with E-state index in [1.807, 2.05) is 48.5 Å². The molecule has 252 valence electrons. The van der Waals surface area contributed by atoms with E-state index in [1.165, 1.54) is 6.42 Å². The molecule has 3 atom stereocenters. The molecular weight excluding hydrogens is 639 g/mol. The van der Waals surface area contributed by atoms with Crippen molar-refractivity contribution in [3.8, 4) is 0 Å². The molecule has 2 aromatic carbocycles. The van der Waals surface area contributed by atoms with Crippen molar-refractivity contribution >= 4 is 35.1 Å². The van der Waals surface area contributed by atoms with Gasteiger partial charge in [-0.2, -0.15) is 0 Å². The highest BCUT2D eigenvalue weighted by atomic mass is 35.5. The summed E-state index contributed by atoms with van der Waals surface area (Å²) in [6.45, 7) is 2.74. The van der Waals surface area contributed by atoms with Gasteiger partial charge in [0.2, 0.25) is 5.89 Å². The van der Waals surface area contributed by atoms with Gasteiger partial charge in [0, 0.05) is 5.92 Å². The number of carboxylic acid groups (broad SMARTS) is 2. The number of ether oxygens (including phenoxy) is 1. The fraction of sp³-hybridized carbons (Fsp3) is 0.485. The van der Waals surface area contributed by atoms with Crippen molar-refractivity contribution in [2.24, 2.45) is 5.92 Å². The van der Waals surface area contributed by atoms with E-state index in [4.69, 9.17) is 52.8 Å². The Morgan fingerprint density at radius 3 is 2.20 bits per heavy atom. The molecule has 0 radical (unpaired) electrons. The molecule has 3 aromatic rings. The molecule has 1 fully saturated rings. The average molecular weight is 683 g/mol. The van der Waals surface area contributed by atoms with Crippen LogP contribution in [0.25, 0.3) is 0 Å². The van der Waals surface area contributed by atoms with Gasteiger partial charge in [0.1, 0.15) is 13.1 Å². The van der Waals surface area contributed by atoms with E-state index < -0.39 is 29.7 Å². The Morgan fingerprint density at radius 1 is 0.978 bits per heavy atom. The molecule has 5 N–H and O–H groups in total. The number of oxazole rings is 1. The molecule has 0 saturated heterocycles. The summed E-state index contributed by atoms with van der Waals surface area (Å²) in [5, 5.41) is 45.7. The van der Waals surface area contributed by atoms with Crippen LogP contribution in [0.15, 0.2) is 59.1 Å². The summed E-state index contributed by atoms with van der Waals surface area (Å²) >= 11 is 12.1. The standard InChI is InChI=1S/C29H37Cl2N2O3.C4H6O6/c1-33(2,16-18-35-17-15-22-13-14-26(30)27(31)19-22)21-25-20-32-28(36-25)29(34,23-9-5-3-6-10-23)24-11-7-4-8-12-24;5-1(3(7)8)2(6)4(9)10/h3,5-6,9-10,13-14,19-20,24,34H,4,7-8,11-12,15-18,21H2,1-2H3;1-2,5-6H,(H,7,8)(H,9,10)/q+1;/t29-;/m0./s1. The zero-order valence-electron chi connectivity index (χ0n) is 26.0. The fourth-order valence-electron chi connectivity index (χ4n) is 5.37. The van der Waals surface area contributed by atoms with Crippen molar-refractivity contribution in [2.75, 3.05) is 33.9 Å². The van der Waals surface area contributed by atoms with Gasteiger partial charge in [-0.05, 0) is 42.5 Å². The molecule has 0 amide bonds. The molecule has 11 nitrogen and oxygen atoms in total. The highest BCUT2D eigenvalue weighted by Crippen LogP contribution is 2.43. The number of aromatic nitrogens is 1. The summed E-state index contributed by atoms with van der Waals surface area (Å²) in [4.78, 5) is 24.1. The number of nitrogens with zero attached hydrogens (tertiary/aromatic N) is 2. The van der Waals surface area contributed by atoms with E-state index in [2.05, 4.69) is 19.1 Å². The number of aliphatic carboxylic acids is 2. The van der Waals surface area contributed by atoms with Crippen molar-refractivity contribution in [3.63, 3.8) is 0 Å². The van der Waals surface area contributed by atoms with E-state index in [-0.39, 0.29) is 5.92 Å². The highest BCUT2D eigenvalue weighted by Gasteiger charge is 2.45. The van der Waals surface area contributed by atoms with Crippen molar-refractivity contribution in [1.82, 2.24) is 4.98 Å². The van der Waals surface area contributed by atoms with Crippen LogP contribution < -0.4 is 0 Å². The normalized spacial score (nSPS) is 16.5. The summed E-state index contributed by atoms with van der Waals surface area (Å²) in [7, 11) is 4.30.